The number of nitrogens with zero attached hydrogens (tertiary/aromatic N) is 1. The first-order valence-corrected chi connectivity index (χ1v) is 14.1. The van der Waals surface area contributed by atoms with Crippen LogP contribution in [0.5, 0.6) is 0 Å². The Kier molecular flexibility index (Phi) is 5.23. The molecule has 7 nitrogen and oxygen atoms in total. The number of carbonyl (C=O) groups excluding carboxylic acids is 2. The lowest BCUT2D eigenvalue weighted by Crippen LogP contribution is -2.68. The van der Waals surface area contributed by atoms with Crippen LogP contribution >= 0.6 is 11.3 Å². The zero-order chi connectivity index (χ0) is 26.9. The molecule has 2 heterocycles. The minimum Gasteiger partial charge on any atom is -0.450 e. The third-order valence-corrected chi connectivity index (χ3v) is 11.0. The number of aryl methyl sites for hydroxylation is 2. The quantitative estimate of drug-likeness (QED) is 0.445. The molecule has 8 atom stereocenters. The van der Waals surface area contributed by atoms with Crippen molar-refractivity contribution >= 4 is 23.1 Å². The van der Waals surface area contributed by atoms with Crippen LogP contribution in [-0.4, -0.2) is 52.0 Å². The van der Waals surface area contributed by atoms with Crippen LogP contribution in [0.2, 0.25) is 0 Å². The van der Waals surface area contributed by atoms with Crippen molar-refractivity contribution in [1.82, 2.24) is 4.98 Å². The molecule has 0 aromatic carbocycles. The Morgan fingerprint density at radius 2 is 1.92 bits per heavy atom. The van der Waals surface area contributed by atoms with E-state index in [0.717, 1.165) is 17.0 Å². The van der Waals surface area contributed by atoms with E-state index in [-0.39, 0.29) is 35.6 Å². The predicted octanol–water partition coefficient (Wildman–Crippen LogP) is 4.55. The minimum absolute atomic E-state index is 0.00611. The highest BCUT2D eigenvalue weighted by molar-refractivity contribution is 7.13. The Morgan fingerprint density at radius 3 is 2.57 bits per heavy atom. The summed E-state index contributed by atoms with van der Waals surface area (Å²) in [6.07, 6.45) is 2.84. The molecule has 1 N–H and O–H groups in total. The predicted molar refractivity (Wildman–Crippen MR) is 138 cm³/mol. The molecule has 1 aliphatic heterocycles. The summed E-state index contributed by atoms with van der Waals surface area (Å²) in [5, 5.41) is 13.8. The zero-order valence-corrected chi connectivity index (χ0v) is 23.7. The first-order valence-electron chi connectivity index (χ1n) is 13.3. The standard InChI is InChI=1S/C29H37NO6S/c1-13-11-28-14(2)9-19-20(26(19,5)6)18(22(28)31)10-17-12-34-27(7,8)36-24(17)29(28,33)23(13)35-25(32)21-15(3)30-16(4)37-21/h10-11,14,18-20,23-24,33H,9,12H2,1-8H3/t14?,18-,19+,20-,23-,24+,28?,29+/m0/s1. The van der Waals surface area contributed by atoms with Gasteiger partial charge in [0.05, 0.1) is 22.7 Å². The number of esters is 1. The van der Waals surface area contributed by atoms with Gasteiger partial charge in [-0.05, 0) is 75.4 Å². The molecule has 0 amide bonds. The van der Waals surface area contributed by atoms with E-state index in [4.69, 9.17) is 14.2 Å². The average Bonchev–Trinajstić information content (AvgIpc) is 3.08. The molecule has 2 bridgehead atoms. The molecule has 2 unspecified atom stereocenters. The third kappa shape index (κ3) is 3.19. The summed E-state index contributed by atoms with van der Waals surface area (Å²) in [7, 11) is 0. The summed E-state index contributed by atoms with van der Waals surface area (Å²) in [4.78, 5) is 33.0. The molecule has 2 saturated carbocycles. The summed E-state index contributed by atoms with van der Waals surface area (Å²) >= 11 is 1.27. The lowest BCUT2D eigenvalue weighted by atomic mass is 9.59. The summed E-state index contributed by atoms with van der Waals surface area (Å²) in [6, 6.07) is 0. The van der Waals surface area contributed by atoms with Gasteiger partial charge in [0, 0.05) is 5.92 Å². The Morgan fingerprint density at radius 1 is 1.22 bits per heavy atom. The van der Waals surface area contributed by atoms with E-state index in [2.05, 4.69) is 25.8 Å². The van der Waals surface area contributed by atoms with Crippen molar-refractivity contribution < 1.29 is 28.9 Å². The fourth-order valence-corrected chi connectivity index (χ4v) is 8.98. The highest BCUT2D eigenvalue weighted by atomic mass is 32.1. The van der Waals surface area contributed by atoms with Gasteiger partial charge in [-0.1, -0.05) is 32.9 Å². The molecule has 200 valence electrons. The van der Waals surface area contributed by atoms with Crippen molar-refractivity contribution in [1.29, 1.82) is 0 Å². The maximum atomic E-state index is 14.7. The Hall–Kier alpha value is -1.87. The van der Waals surface area contributed by atoms with Crippen LogP contribution < -0.4 is 0 Å². The first-order chi connectivity index (χ1) is 17.1. The normalized spacial score (nSPS) is 42.9. The lowest BCUT2D eigenvalue weighted by Gasteiger charge is -2.52. The van der Waals surface area contributed by atoms with Gasteiger partial charge in [-0.25, -0.2) is 9.78 Å². The van der Waals surface area contributed by atoms with E-state index in [9.17, 15) is 14.7 Å². The molecule has 5 aliphatic rings. The van der Waals surface area contributed by atoms with E-state index in [1.54, 1.807) is 6.92 Å². The summed E-state index contributed by atoms with van der Waals surface area (Å²) in [5.74, 6) is -1.45. The van der Waals surface area contributed by atoms with Crippen LogP contribution in [0.1, 0.15) is 68.3 Å². The largest absolute Gasteiger partial charge is 0.450 e. The van der Waals surface area contributed by atoms with Gasteiger partial charge in [0.2, 0.25) is 0 Å². The Balaban J connectivity index is 1.52. The highest BCUT2D eigenvalue weighted by Gasteiger charge is 2.77. The van der Waals surface area contributed by atoms with E-state index < -0.39 is 35.0 Å². The second-order valence-corrected chi connectivity index (χ2v) is 14.1. The second kappa shape index (κ2) is 7.62. The summed E-state index contributed by atoms with van der Waals surface area (Å²) in [6.45, 7) is 15.9. The molecule has 1 aromatic rings. The van der Waals surface area contributed by atoms with Crippen molar-refractivity contribution in [2.45, 2.75) is 85.4 Å². The molecule has 6 rings (SSSR count). The molecule has 1 aromatic heterocycles. The average molecular weight is 528 g/mol. The van der Waals surface area contributed by atoms with Gasteiger partial charge in [-0.2, -0.15) is 0 Å². The smallest absolute Gasteiger partial charge is 0.350 e. The number of carbonyl (C=O) groups is 2. The number of ether oxygens (including phenoxy) is 3. The van der Waals surface area contributed by atoms with Crippen LogP contribution in [-0.2, 0) is 19.0 Å². The van der Waals surface area contributed by atoms with Gasteiger partial charge in [0.25, 0.3) is 0 Å². The molecule has 1 spiro atoms. The number of allylic oxidation sites excluding steroid dienone is 1. The van der Waals surface area contributed by atoms with Crippen LogP contribution in [0.3, 0.4) is 0 Å². The van der Waals surface area contributed by atoms with Gasteiger partial charge in [-0.3, -0.25) is 4.79 Å². The van der Waals surface area contributed by atoms with E-state index in [1.807, 2.05) is 39.8 Å². The van der Waals surface area contributed by atoms with Crippen molar-refractivity contribution in [3.05, 3.63) is 38.9 Å². The molecule has 37 heavy (non-hydrogen) atoms. The van der Waals surface area contributed by atoms with Gasteiger partial charge in [0.1, 0.15) is 11.0 Å². The van der Waals surface area contributed by atoms with Gasteiger partial charge < -0.3 is 19.3 Å². The van der Waals surface area contributed by atoms with Crippen LogP contribution in [0, 0.1) is 48.3 Å². The first kappa shape index (κ1) is 25.4. The van der Waals surface area contributed by atoms with Crippen molar-refractivity contribution in [2.75, 3.05) is 6.61 Å². The Labute approximate surface area is 222 Å². The number of hydrogen-bond donors (Lipinski definition) is 1. The Bertz CT molecular complexity index is 1270. The van der Waals surface area contributed by atoms with Crippen molar-refractivity contribution in [2.24, 2.45) is 34.5 Å². The number of rotatable bonds is 2. The topological polar surface area (TPSA) is 95.0 Å². The van der Waals surface area contributed by atoms with Crippen molar-refractivity contribution in [3.63, 3.8) is 0 Å². The monoisotopic (exact) mass is 527 g/mol. The van der Waals surface area contributed by atoms with Gasteiger partial charge >= 0.3 is 5.97 Å². The zero-order valence-electron chi connectivity index (χ0n) is 22.9. The van der Waals surface area contributed by atoms with Crippen LogP contribution in [0.25, 0.3) is 0 Å². The molecule has 0 radical (unpaired) electrons. The fraction of sp³-hybridized carbons (Fsp3) is 0.690. The molecule has 4 aliphatic carbocycles. The summed E-state index contributed by atoms with van der Waals surface area (Å²) < 4.78 is 18.7. The number of fused-ring (bicyclic) bond motifs is 5. The maximum absolute atomic E-state index is 14.7. The fourth-order valence-electron chi connectivity index (χ4n) is 8.18. The highest BCUT2D eigenvalue weighted by Crippen LogP contribution is 2.72. The van der Waals surface area contributed by atoms with E-state index >= 15 is 0 Å². The molecule has 1 saturated heterocycles. The van der Waals surface area contributed by atoms with E-state index in [0.29, 0.717) is 22.1 Å². The van der Waals surface area contributed by atoms with Crippen LogP contribution in [0.15, 0.2) is 23.3 Å². The number of aromatic nitrogens is 1. The number of ketones is 1. The van der Waals surface area contributed by atoms with Crippen LogP contribution in [0.4, 0.5) is 0 Å². The van der Waals surface area contributed by atoms with Crippen molar-refractivity contribution in [3.8, 4) is 0 Å². The van der Waals surface area contributed by atoms with Gasteiger partial charge in [0.15, 0.2) is 23.3 Å². The lowest BCUT2D eigenvalue weighted by molar-refractivity contribution is -0.302. The number of hydrogen-bond acceptors (Lipinski definition) is 8. The molecule has 3 fully saturated rings. The minimum atomic E-state index is -1.81. The van der Waals surface area contributed by atoms with Gasteiger partial charge in [-0.15, -0.1) is 11.3 Å². The number of thiazole rings is 1. The molecular weight excluding hydrogens is 490 g/mol. The number of Topliss-reactive ketones (excluding diaryl/α,β-unsaturated/α-hetero) is 1. The SMILES string of the molecule is CC1=CC23C(=O)[C@@H](C=C4COC(C)(C)O[C@H]4[C@]2(O)[C@H]1OC(=O)c1sc(C)nc1C)[C@H]1[C@@H](CC3C)C1(C)C. The van der Waals surface area contributed by atoms with E-state index in [1.165, 1.54) is 11.3 Å². The molecular formula is C29H37NO6S. The second-order valence-electron chi connectivity index (χ2n) is 12.9. The number of aliphatic hydroxyl groups is 1. The summed E-state index contributed by atoms with van der Waals surface area (Å²) in [5.41, 5.74) is -0.972. The third-order valence-electron chi connectivity index (χ3n) is 9.98. The molecule has 8 heteroatoms. The maximum Gasteiger partial charge on any atom is 0.350 e.